The molecule has 15 heavy (non-hydrogen) atoms. The smallest absolute Gasteiger partial charge is 0.525 e. The third kappa shape index (κ3) is 16.6. The molecule has 80 valence electrons. The minimum Gasteiger partial charge on any atom is -0.525 e. The van der Waals surface area contributed by atoms with E-state index in [0.29, 0.717) is 6.61 Å². The van der Waals surface area contributed by atoms with E-state index in [0.717, 1.165) is 5.75 Å². The van der Waals surface area contributed by atoms with Crippen molar-refractivity contribution in [2.24, 2.45) is 0 Å². The van der Waals surface area contributed by atoms with Gasteiger partial charge in [-0.15, -0.1) is 0 Å². The van der Waals surface area contributed by atoms with Crippen LogP contribution in [0.25, 0.3) is 0 Å². The van der Waals surface area contributed by atoms with E-state index in [2.05, 4.69) is 6.92 Å². The minimum atomic E-state index is -4.67. The molecule has 2 N–H and O–H groups in total. The molecule has 0 aliphatic carbocycles. The second-order valence-corrected chi connectivity index (χ2v) is 3.01. The first-order valence-electron chi connectivity index (χ1n) is 3.60. The van der Waals surface area contributed by atoms with Crippen molar-refractivity contribution in [3.8, 4) is 5.75 Å². The molecule has 0 saturated heterocycles. The summed E-state index contributed by atoms with van der Waals surface area (Å²) in [7, 11) is -4.67. The fraction of sp³-hybridized carbons (Fsp3) is 0.125. The van der Waals surface area contributed by atoms with Gasteiger partial charge in [-0.3, -0.25) is 9.11 Å². The largest absolute Gasteiger partial charge is 1.00 e. The number of ether oxygens (including phenoxy) is 1. The summed E-state index contributed by atoms with van der Waals surface area (Å²) in [6.45, 7) is 4.05. The average Bonchev–Trinajstić information content (AvgIpc) is 2.03. The molecule has 0 fully saturated rings. The molecule has 0 aliphatic rings. The van der Waals surface area contributed by atoms with Gasteiger partial charge in [0.1, 0.15) is 5.75 Å². The van der Waals surface area contributed by atoms with Gasteiger partial charge in [-0.05, 0) is 18.7 Å². The number of hydrogen-bond acceptors (Lipinski definition) is 3. The van der Waals surface area contributed by atoms with E-state index in [9.17, 15) is 0 Å². The van der Waals surface area contributed by atoms with Crippen LogP contribution in [-0.4, -0.2) is 24.1 Å². The van der Waals surface area contributed by atoms with Gasteiger partial charge in [0.15, 0.2) is 0 Å². The van der Waals surface area contributed by atoms with Crippen LogP contribution in [0.15, 0.2) is 30.3 Å². The second-order valence-electron chi connectivity index (χ2n) is 2.11. The van der Waals surface area contributed by atoms with Crippen LogP contribution in [0.4, 0.5) is 0 Å². The Morgan fingerprint density at radius 2 is 1.60 bits per heavy atom. The molecule has 0 aliphatic heterocycles. The Labute approximate surface area is 111 Å². The van der Waals surface area contributed by atoms with Crippen molar-refractivity contribution in [2.45, 2.75) is 0 Å². The summed E-state index contributed by atoms with van der Waals surface area (Å²) < 4.78 is 36.7. The second kappa shape index (κ2) is 9.14. The molecule has 5 nitrogen and oxygen atoms in total. The summed E-state index contributed by atoms with van der Waals surface area (Å²) >= 11 is 0. The van der Waals surface area contributed by atoms with Crippen LogP contribution in [0, 0.1) is 6.92 Å². The summed E-state index contributed by atoms with van der Waals surface area (Å²) in [5, 5.41) is 0. The Kier molecular flexibility index (Phi) is 10.5. The number of rotatable bonds is 2. The van der Waals surface area contributed by atoms with E-state index < -0.39 is 10.4 Å². The molecule has 0 radical (unpaired) electrons. The summed E-state index contributed by atoms with van der Waals surface area (Å²) in [6, 6.07) is 9.64. The molecule has 0 saturated carbocycles. The van der Waals surface area contributed by atoms with Crippen molar-refractivity contribution in [1.29, 1.82) is 0 Å². The summed E-state index contributed by atoms with van der Waals surface area (Å²) in [5.74, 6) is 0.882. The topological polar surface area (TPSA) is 83.8 Å². The van der Waals surface area contributed by atoms with Crippen molar-refractivity contribution < 1.29 is 51.8 Å². The van der Waals surface area contributed by atoms with Crippen molar-refractivity contribution in [2.75, 3.05) is 6.61 Å². The zero-order valence-electron chi connectivity index (χ0n) is 8.33. The summed E-state index contributed by atoms with van der Waals surface area (Å²) in [5.41, 5.74) is 0. The molecule has 0 amide bonds. The Balaban J connectivity index is 0. The van der Waals surface area contributed by atoms with Gasteiger partial charge < -0.3 is 11.7 Å². The van der Waals surface area contributed by atoms with Gasteiger partial charge in [0.05, 0.1) is 0 Å². The molecular weight excluding hydrogens is 231 g/mol. The van der Waals surface area contributed by atoms with Crippen molar-refractivity contribution >= 4 is 10.4 Å². The number of para-hydroxylation sites is 1. The molecule has 0 heterocycles. The van der Waals surface area contributed by atoms with E-state index in [1.807, 2.05) is 30.3 Å². The number of hydrogen-bond donors (Lipinski definition) is 2. The van der Waals surface area contributed by atoms with Crippen molar-refractivity contribution in [1.82, 2.24) is 0 Å². The first-order chi connectivity index (χ1) is 6.43. The first kappa shape index (κ1) is 17.3. The van der Waals surface area contributed by atoms with Crippen LogP contribution in [0.3, 0.4) is 0 Å². The molecule has 1 aromatic carbocycles. The molecule has 0 atom stereocenters. The van der Waals surface area contributed by atoms with Crippen LogP contribution in [0.1, 0.15) is 0 Å². The SMILES string of the molecule is O=S(=O)(O)O.[CH2-]COc1ccccc1.[Na+]. The van der Waals surface area contributed by atoms with Crippen LogP contribution in [0.5, 0.6) is 5.75 Å². The maximum absolute atomic E-state index is 8.74. The number of benzene rings is 1. The maximum Gasteiger partial charge on any atom is 1.00 e. The van der Waals surface area contributed by atoms with Crippen LogP contribution < -0.4 is 34.3 Å². The molecule has 0 bridgehead atoms. The monoisotopic (exact) mass is 242 g/mol. The molecular formula is C8H11NaO5S. The molecule has 1 aromatic rings. The average molecular weight is 242 g/mol. The minimum absolute atomic E-state index is 0. The van der Waals surface area contributed by atoms with E-state index in [4.69, 9.17) is 22.3 Å². The molecule has 1 rings (SSSR count). The third-order valence-corrected chi connectivity index (χ3v) is 1.01. The molecule has 0 spiro atoms. The van der Waals surface area contributed by atoms with Crippen LogP contribution in [-0.2, 0) is 10.4 Å². The Hall–Kier alpha value is -0.110. The quantitative estimate of drug-likeness (QED) is 0.365. The van der Waals surface area contributed by atoms with E-state index in [1.165, 1.54) is 0 Å². The fourth-order valence-electron chi connectivity index (χ4n) is 0.635. The predicted octanol–water partition coefficient (Wildman–Crippen LogP) is -1.75. The normalized spacial score (nSPS) is 9.27. The van der Waals surface area contributed by atoms with Gasteiger partial charge in [0, 0.05) is 0 Å². The summed E-state index contributed by atoms with van der Waals surface area (Å²) in [4.78, 5) is 0. The first-order valence-corrected chi connectivity index (χ1v) is 5.00. The van der Waals surface area contributed by atoms with E-state index >= 15 is 0 Å². The predicted molar refractivity (Wildman–Crippen MR) is 51.5 cm³/mol. The Bertz CT molecular complexity index is 329. The van der Waals surface area contributed by atoms with Crippen LogP contribution in [0.2, 0.25) is 0 Å². The summed E-state index contributed by atoms with van der Waals surface area (Å²) in [6.07, 6.45) is 0. The van der Waals surface area contributed by atoms with Crippen molar-refractivity contribution in [3.63, 3.8) is 0 Å². The van der Waals surface area contributed by atoms with Gasteiger partial charge in [0.2, 0.25) is 0 Å². The van der Waals surface area contributed by atoms with Crippen molar-refractivity contribution in [3.05, 3.63) is 37.3 Å². The zero-order chi connectivity index (χ0) is 11.0. The molecule has 0 aromatic heterocycles. The maximum atomic E-state index is 8.74. The van der Waals surface area contributed by atoms with E-state index in [-0.39, 0.29) is 29.6 Å². The third-order valence-electron chi connectivity index (χ3n) is 1.01. The van der Waals surface area contributed by atoms with Gasteiger partial charge in [-0.2, -0.15) is 8.42 Å². The van der Waals surface area contributed by atoms with E-state index in [1.54, 1.807) is 0 Å². The Morgan fingerprint density at radius 1 is 1.20 bits per heavy atom. The standard InChI is InChI=1S/C8H9O.Na.H2O4S/c1-2-9-8-6-4-3-5-7-8;;1-5(2,3)4/h3-7H,1-2H2;;(H2,1,2,3,4)/q-1;+1;. The fourth-order valence-corrected chi connectivity index (χ4v) is 0.635. The Morgan fingerprint density at radius 3 is 1.93 bits per heavy atom. The van der Waals surface area contributed by atoms with Gasteiger partial charge in [0.25, 0.3) is 0 Å². The van der Waals surface area contributed by atoms with Crippen LogP contribution >= 0.6 is 0 Å². The molecule has 0 unspecified atom stereocenters. The van der Waals surface area contributed by atoms with Gasteiger partial charge in [-0.25, -0.2) is 0 Å². The van der Waals surface area contributed by atoms with Gasteiger partial charge in [-0.1, -0.05) is 18.2 Å². The zero-order valence-corrected chi connectivity index (χ0v) is 11.1. The van der Waals surface area contributed by atoms with Gasteiger partial charge >= 0.3 is 40.0 Å². The molecule has 7 heteroatoms.